The first-order chi connectivity index (χ1) is 10.2. The van der Waals surface area contributed by atoms with Crippen LogP contribution in [0.2, 0.25) is 0 Å². The summed E-state index contributed by atoms with van der Waals surface area (Å²) < 4.78 is 26.4. The fourth-order valence-corrected chi connectivity index (χ4v) is 3.72. The third-order valence-corrected chi connectivity index (χ3v) is 5.35. The van der Waals surface area contributed by atoms with E-state index in [-0.39, 0.29) is 18.8 Å². The van der Waals surface area contributed by atoms with Gasteiger partial charge in [0.25, 0.3) is 0 Å². The van der Waals surface area contributed by atoms with Crippen LogP contribution in [0.3, 0.4) is 0 Å². The first kappa shape index (κ1) is 14.8. The Morgan fingerprint density at radius 1 is 1.10 bits per heavy atom. The van der Waals surface area contributed by atoms with Crippen LogP contribution in [0.1, 0.15) is 31.2 Å². The van der Waals surface area contributed by atoms with Crippen molar-refractivity contribution in [3.8, 4) is 0 Å². The maximum absolute atomic E-state index is 13.2. The van der Waals surface area contributed by atoms with Crippen molar-refractivity contribution in [3.05, 3.63) is 35.9 Å². The maximum Gasteiger partial charge on any atom is 0.150 e. The number of alkyl halides is 2. The van der Waals surface area contributed by atoms with Gasteiger partial charge in [0.1, 0.15) is 18.6 Å². The monoisotopic (exact) mass is 308 g/mol. The molecular weight excluding hydrogens is 290 g/mol. The molecule has 0 heterocycles. The van der Waals surface area contributed by atoms with Gasteiger partial charge in [-0.3, -0.25) is 4.79 Å². The lowest BCUT2D eigenvalue weighted by Crippen LogP contribution is -2.06. The average molecular weight is 308 g/mol. The lowest BCUT2D eigenvalue weighted by Gasteiger charge is -2.06. The van der Waals surface area contributed by atoms with Crippen molar-refractivity contribution in [1.29, 1.82) is 0 Å². The Hall–Kier alpha value is -1.16. The molecule has 0 amide bonds. The van der Waals surface area contributed by atoms with E-state index < -0.39 is 12.3 Å². The Kier molecular flexibility index (Phi) is 4.43. The van der Waals surface area contributed by atoms with Crippen molar-refractivity contribution in [2.45, 2.75) is 48.2 Å². The van der Waals surface area contributed by atoms with Crippen molar-refractivity contribution in [1.82, 2.24) is 0 Å². The van der Waals surface area contributed by atoms with E-state index in [1.54, 1.807) is 6.08 Å². The number of allylic oxidation sites excluding steroid dienone is 2. The minimum absolute atomic E-state index is 0.175. The molecule has 2 aliphatic carbocycles. The zero-order valence-corrected chi connectivity index (χ0v) is 12.5. The number of halogens is 2. The average Bonchev–Trinajstić information content (AvgIpc) is 3.23. The highest BCUT2D eigenvalue weighted by Gasteiger charge is 2.33. The van der Waals surface area contributed by atoms with Gasteiger partial charge in [-0.05, 0) is 49.3 Å². The van der Waals surface area contributed by atoms with E-state index in [2.05, 4.69) is 0 Å². The molecule has 0 radical (unpaired) electrons. The number of rotatable bonds is 5. The summed E-state index contributed by atoms with van der Waals surface area (Å²) in [5.41, 5.74) is 1.35. The van der Waals surface area contributed by atoms with Crippen molar-refractivity contribution in [3.63, 3.8) is 0 Å². The predicted octanol–water partition coefficient (Wildman–Crippen LogP) is 4.61. The van der Waals surface area contributed by atoms with Crippen LogP contribution >= 0.6 is 11.8 Å². The summed E-state index contributed by atoms with van der Waals surface area (Å²) in [6.45, 7) is 0. The summed E-state index contributed by atoms with van der Waals surface area (Å²) in [5.74, 6) is -0.185. The van der Waals surface area contributed by atoms with Gasteiger partial charge in [-0.2, -0.15) is 0 Å². The van der Waals surface area contributed by atoms with Crippen LogP contribution in [0.15, 0.2) is 35.2 Å². The highest BCUT2D eigenvalue weighted by atomic mass is 32.2. The summed E-state index contributed by atoms with van der Waals surface area (Å²) in [6, 6.07) is 7.86. The second kappa shape index (κ2) is 6.30. The molecule has 2 aliphatic rings. The largest absolute Gasteiger partial charge is 0.298 e. The van der Waals surface area contributed by atoms with Gasteiger partial charge in [-0.15, -0.1) is 11.8 Å². The standard InChI is InChI=1S/C17H18F2OS/c18-16-8-11(9-17(16)19)7-13(10-20)12-1-3-14(4-2-12)21-15-5-6-15/h1-4,7,10-11,15-17H,5-6,8-9H2/b13-7-/t11-,16+,17-. The molecule has 0 saturated heterocycles. The molecule has 21 heavy (non-hydrogen) atoms. The highest BCUT2D eigenvalue weighted by molar-refractivity contribution is 8.00. The van der Waals surface area contributed by atoms with Gasteiger partial charge in [-0.1, -0.05) is 18.2 Å². The minimum Gasteiger partial charge on any atom is -0.298 e. The van der Waals surface area contributed by atoms with Gasteiger partial charge in [0.05, 0.1) is 0 Å². The molecule has 2 saturated carbocycles. The third kappa shape index (κ3) is 3.73. The van der Waals surface area contributed by atoms with E-state index >= 15 is 0 Å². The van der Waals surface area contributed by atoms with E-state index in [0.29, 0.717) is 5.57 Å². The lowest BCUT2D eigenvalue weighted by molar-refractivity contribution is -0.103. The summed E-state index contributed by atoms with van der Waals surface area (Å²) >= 11 is 1.86. The normalized spacial score (nSPS) is 29.6. The molecule has 0 aromatic heterocycles. The molecule has 1 aromatic rings. The zero-order valence-electron chi connectivity index (χ0n) is 11.7. The number of thioether (sulfide) groups is 1. The van der Waals surface area contributed by atoms with Crippen LogP contribution in [-0.2, 0) is 4.79 Å². The summed E-state index contributed by atoms with van der Waals surface area (Å²) in [4.78, 5) is 12.5. The highest BCUT2D eigenvalue weighted by Crippen LogP contribution is 2.39. The first-order valence-electron chi connectivity index (χ1n) is 7.38. The molecule has 0 aliphatic heterocycles. The molecule has 0 spiro atoms. The minimum atomic E-state index is -1.39. The van der Waals surface area contributed by atoms with Crippen molar-refractivity contribution >= 4 is 23.6 Å². The zero-order chi connectivity index (χ0) is 14.8. The fraction of sp³-hybridized carbons (Fsp3) is 0.471. The number of hydrogen-bond donors (Lipinski definition) is 0. The molecule has 0 unspecified atom stereocenters. The third-order valence-electron chi connectivity index (χ3n) is 4.01. The Labute approximate surface area is 127 Å². The molecule has 1 nitrogen and oxygen atoms in total. The molecule has 3 atom stereocenters. The van der Waals surface area contributed by atoms with Crippen LogP contribution in [-0.4, -0.2) is 23.9 Å². The number of carbonyl (C=O) groups is 1. The van der Waals surface area contributed by atoms with E-state index in [0.717, 1.165) is 17.1 Å². The van der Waals surface area contributed by atoms with Gasteiger partial charge in [-0.25, -0.2) is 8.78 Å². The Bertz CT molecular complexity index is 526. The number of hydrogen-bond acceptors (Lipinski definition) is 2. The summed E-state index contributed by atoms with van der Waals surface area (Å²) in [6.07, 6.45) is 2.63. The van der Waals surface area contributed by atoms with Crippen LogP contribution in [0.5, 0.6) is 0 Å². The number of benzene rings is 1. The molecule has 2 fully saturated rings. The predicted molar refractivity (Wildman–Crippen MR) is 81.9 cm³/mol. The van der Waals surface area contributed by atoms with E-state index in [4.69, 9.17) is 0 Å². The molecule has 112 valence electrons. The van der Waals surface area contributed by atoms with Gasteiger partial charge in [0, 0.05) is 15.7 Å². The van der Waals surface area contributed by atoms with Gasteiger partial charge >= 0.3 is 0 Å². The number of carbonyl (C=O) groups excluding carboxylic acids is 1. The lowest BCUT2D eigenvalue weighted by atomic mass is 9.99. The van der Waals surface area contributed by atoms with Crippen LogP contribution < -0.4 is 0 Å². The van der Waals surface area contributed by atoms with Crippen LogP contribution in [0.4, 0.5) is 8.78 Å². The Morgan fingerprint density at radius 3 is 2.24 bits per heavy atom. The molecule has 0 N–H and O–H groups in total. The summed E-state index contributed by atoms with van der Waals surface area (Å²) in [7, 11) is 0. The van der Waals surface area contributed by atoms with Crippen molar-refractivity contribution in [2.24, 2.45) is 5.92 Å². The van der Waals surface area contributed by atoms with Gasteiger partial charge in [0.2, 0.25) is 0 Å². The second-order valence-electron chi connectivity index (χ2n) is 5.84. The molecule has 3 rings (SSSR count). The quantitative estimate of drug-likeness (QED) is 0.583. The van der Waals surface area contributed by atoms with Crippen LogP contribution in [0.25, 0.3) is 5.57 Å². The fourth-order valence-electron chi connectivity index (χ4n) is 2.67. The van der Waals surface area contributed by atoms with Crippen molar-refractivity contribution < 1.29 is 13.6 Å². The Balaban J connectivity index is 1.71. The van der Waals surface area contributed by atoms with E-state index in [9.17, 15) is 13.6 Å². The molecule has 0 bridgehead atoms. The topological polar surface area (TPSA) is 17.1 Å². The number of aldehydes is 1. The Morgan fingerprint density at radius 2 is 1.71 bits per heavy atom. The summed E-state index contributed by atoms with van der Waals surface area (Å²) in [5, 5.41) is 0.749. The van der Waals surface area contributed by atoms with Gasteiger partial charge in [0.15, 0.2) is 0 Å². The maximum atomic E-state index is 13.2. The first-order valence-corrected chi connectivity index (χ1v) is 8.26. The van der Waals surface area contributed by atoms with E-state index in [1.807, 2.05) is 36.0 Å². The second-order valence-corrected chi connectivity index (χ2v) is 7.22. The molecule has 4 heteroatoms. The van der Waals surface area contributed by atoms with Crippen LogP contribution in [0, 0.1) is 5.92 Å². The van der Waals surface area contributed by atoms with Crippen molar-refractivity contribution in [2.75, 3.05) is 0 Å². The van der Waals surface area contributed by atoms with Gasteiger partial charge < -0.3 is 0 Å². The molecular formula is C17H18F2OS. The van der Waals surface area contributed by atoms with E-state index in [1.165, 1.54) is 17.7 Å². The molecule has 1 aromatic carbocycles. The smallest absolute Gasteiger partial charge is 0.150 e. The SMILES string of the molecule is O=C/C(=C/[C@H]1C[C@@H](F)[C@@H](F)C1)c1ccc(SC2CC2)cc1.